The van der Waals surface area contributed by atoms with Crippen molar-refractivity contribution in [1.82, 2.24) is 14.7 Å². The highest BCUT2D eigenvalue weighted by Gasteiger charge is 2.22. The van der Waals surface area contributed by atoms with Gasteiger partial charge in [-0.05, 0) is 31.9 Å². The van der Waals surface area contributed by atoms with Gasteiger partial charge in [0.25, 0.3) is 11.5 Å². The van der Waals surface area contributed by atoms with Gasteiger partial charge in [-0.1, -0.05) is 31.5 Å². The number of hydrogen-bond acceptors (Lipinski definition) is 4. The molecule has 0 fully saturated rings. The molecule has 1 amide bonds. The van der Waals surface area contributed by atoms with Crippen molar-refractivity contribution in [2.45, 2.75) is 33.6 Å². The molecule has 0 unspecified atom stereocenters. The maximum Gasteiger partial charge on any atom is 0.278 e. The Morgan fingerprint density at radius 2 is 1.76 bits per heavy atom. The molecule has 6 heteroatoms. The summed E-state index contributed by atoms with van der Waals surface area (Å²) in [5.41, 5.74) is 1.52. The van der Waals surface area contributed by atoms with Gasteiger partial charge in [0.15, 0.2) is 11.4 Å². The van der Waals surface area contributed by atoms with E-state index in [0.717, 1.165) is 18.4 Å². The predicted molar refractivity (Wildman–Crippen MR) is 97.6 cm³/mol. The van der Waals surface area contributed by atoms with Crippen LogP contribution in [0.3, 0.4) is 0 Å². The van der Waals surface area contributed by atoms with Crippen LogP contribution in [-0.2, 0) is 0 Å². The number of aryl methyl sites for hydroxylation is 1. The molecule has 0 saturated carbocycles. The third-order valence-corrected chi connectivity index (χ3v) is 3.87. The van der Waals surface area contributed by atoms with E-state index in [1.54, 1.807) is 17.0 Å². The average molecular weight is 343 g/mol. The van der Waals surface area contributed by atoms with Crippen LogP contribution in [0.1, 0.15) is 42.7 Å². The molecule has 0 N–H and O–H groups in total. The summed E-state index contributed by atoms with van der Waals surface area (Å²) in [5.74, 6) is -0.0167. The second kappa shape index (κ2) is 8.46. The van der Waals surface area contributed by atoms with Crippen molar-refractivity contribution < 1.29 is 9.53 Å². The minimum Gasteiger partial charge on any atom is -0.494 e. The number of carbonyl (C=O) groups excluding carboxylic acids is 1. The summed E-state index contributed by atoms with van der Waals surface area (Å²) in [4.78, 5) is 27.0. The maximum absolute atomic E-state index is 12.9. The zero-order valence-electron chi connectivity index (χ0n) is 15.3. The number of benzene rings is 1. The normalized spacial score (nSPS) is 10.6. The molecule has 1 heterocycles. The van der Waals surface area contributed by atoms with Gasteiger partial charge in [0.05, 0.1) is 18.9 Å². The highest BCUT2D eigenvalue weighted by molar-refractivity contribution is 5.94. The van der Waals surface area contributed by atoms with E-state index in [0.29, 0.717) is 18.8 Å². The topological polar surface area (TPSA) is 64.4 Å². The molecular formula is C19H25N3O3. The molecule has 2 aromatic rings. The van der Waals surface area contributed by atoms with Crippen molar-refractivity contribution in [2.75, 3.05) is 20.2 Å². The van der Waals surface area contributed by atoms with E-state index in [-0.39, 0.29) is 22.9 Å². The number of amides is 1. The molecule has 0 aliphatic rings. The monoisotopic (exact) mass is 343 g/mol. The van der Waals surface area contributed by atoms with E-state index in [1.165, 1.54) is 17.9 Å². The Morgan fingerprint density at radius 3 is 2.28 bits per heavy atom. The Morgan fingerprint density at radius 1 is 1.16 bits per heavy atom. The van der Waals surface area contributed by atoms with Gasteiger partial charge in [0, 0.05) is 13.1 Å². The number of methoxy groups -OCH3 is 1. The highest BCUT2D eigenvalue weighted by Crippen LogP contribution is 2.17. The molecule has 1 aromatic heterocycles. The van der Waals surface area contributed by atoms with Crippen molar-refractivity contribution in [3.63, 3.8) is 0 Å². The van der Waals surface area contributed by atoms with E-state index in [1.807, 2.05) is 32.9 Å². The summed E-state index contributed by atoms with van der Waals surface area (Å²) in [5, 5.41) is 4.32. The van der Waals surface area contributed by atoms with Gasteiger partial charge in [-0.25, -0.2) is 0 Å². The fourth-order valence-electron chi connectivity index (χ4n) is 2.62. The van der Waals surface area contributed by atoms with Crippen LogP contribution in [0, 0.1) is 6.92 Å². The highest BCUT2D eigenvalue weighted by atomic mass is 16.5. The Bertz CT molecular complexity index is 775. The lowest BCUT2D eigenvalue weighted by molar-refractivity contribution is 0.0743. The molecule has 0 aliphatic carbocycles. The lowest BCUT2D eigenvalue weighted by Gasteiger charge is -2.22. The molecule has 6 nitrogen and oxygen atoms in total. The fraction of sp³-hybridized carbons (Fsp3) is 0.421. The van der Waals surface area contributed by atoms with Crippen LogP contribution in [0.4, 0.5) is 0 Å². The molecular weight excluding hydrogens is 318 g/mol. The van der Waals surface area contributed by atoms with Gasteiger partial charge in [0.2, 0.25) is 0 Å². The minimum atomic E-state index is -0.338. The quantitative estimate of drug-likeness (QED) is 0.775. The van der Waals surface area contributed by atoms with E-state index in [4.69, 9.17) is 4.74 Å². The third-order valence-electron chi connectivity index (χ3n) is 3.87. The predicted octanol–water partition coefficient (Wildman–Crippen LogP) is 2.81. The summed E-state index contributed by atoms with van der Waals surface area (Å²) >= 11 is 0. The molecule has 0 aliphatic heterocycles. The van der Waals surface area contributed by atoms with Gasteiger partial charge >= 0.3 is 0 Å². The van der Waals surface area contributed by atoms with Gasteiger partial charge in [-0.15, -0.1) is 0 Å². The smallest absolute Gasteiger partial charge is 0.278 e. The molecule has 134 valence electrons. The number of carbonyl (C=O) groups is 1. The molecule has 0 atom stereocenters. The molecule has 0 bridgehead atoms. The van der Waals surface area contributed by atoms with Gasteiger partial charge in [-0.3, -0.25) is 9.59 Å². The minimum absolute atomic E-state index is 0.157. The van der Waals surface area contributed by atoms with Crippen LogP contribution >= 0.6 is 0 Å². The number of aromatic nitrogens is 2. The summed E-state index contributed by atoms with van der Waals surface area (Å²) in [6, 6.07) is 8.72. The largest absolute Gasteiger partial charge is 0.494 e. The number of hydrogen-bond donors (Lipinski definition) is 0. The second-order valence-electron chi connectivity index (χ2n) is 5.94. The van der Waals surface area contributed by atoms with Crippen molar-refractivity contribution >= 4 is 5.91 Å². The van der Waals surface area contributed by atoms with Crippen LogP contribution in [-0.4, -0.2) is 40.8 Å². The van der Waals surface area contributed by atoms with Crippen molar-refractivity contribution in [2.24, 2.45) is 0 Å². The lowest BCUT2D eigenvalue weighted by Crippen LogP contribution is -2.35. The van der Waals surface area contributed by atoms with E-state index in [2.05, 4.69) is 5.10 Å². The Kier molecular flexibility index (Phi) is 6.33. The van der Waals surface area contributed by atoms with Crippen molar-refractivity contribution in [1.29, 1.82) is 0 Å². The van der Waals surface area contributed by atoms with Crippen LogP contribution in [0.5, 0.6) is 5.75 Å². The summed E-state index contributed by atoms with van der Waals surface area (Å²) in [7, 11) is 1.44. The Hall–Kier alpha value is -2.63. The van der Waals surface area contributed by atoms with Crippen LogP contribution in [0.15, 0.2) is 35.1 Å². The fourth-order valence-corrected chi connectivity index (χ4v) is 2.62. The zero-order chi connectivity index (χ0) is 18.4. The van der Waals surface area contributed by atoms with E-state index >= 15 is 0 Å². The van der Waals surface area contributed by atoms with Crippen LogP contribution in [0.25, 0.3) is 5.69 Å². The number of ether oxygens (including phenoxy) is 1. The molecule has 2 rings (SSSR count). The molecule has 0 spiro atoms. The summed E-state index contributed by atoms with van der Waals surface area (Å²) in [6.07, 6.45) is 1.71. The second-order valence-corrected chi connectivity index (χ2v) is 5.94. The van der Waals surface area contributed by atoms with Gasteiger partial charge < -0.3 is 9.64 Å². The van der Waals surface area contributed by atoms with E-state index < -0.39 is 0 Å². The van der Waals surface area contributed by atoms with Crippen LogP contribution in [0.2, 0.25) is 0 Å². The maximum atomic E-state index is 12.9. The molecule has 1 aromatic carbocycles. The first kappa shape index (κ1) is 18.7. The van der Waals surface area contributed by atoms with Gasteiger partial charge in [-0.2, -0.15) is 9.78 Å². The van der Waals surface area contributed by atoms with Crippen LogP contribution < -0.4 is 10.3 Å². The number of rotatable bonds is 7. The standard InChI is InChI=1S/C19H25N3O3/c1-5-11-21(12-6-2)19(24)18-16(25-4)13-17(23)22(20-18)15-9-7-14(3)8-10-15/h7-10,13H,5-6,11-12H2,1-4H3. The SMILES string of the molecule is CCCN(CCC)C(=O)c1nn(-c2ccc(C)cc2)c(=O)cc1OC. The first-order valence-corrected chi connectivity index (χ1v) is 8.56. The summed E-state index contributed by atoms with van der Waals surface area (Å²) in [6.45, 7) is 7.29. The van der Waals surface area contributed by atoms with E-state index in [9.17, 15) is 9.59 Å². The first-order valence-electron chi connectivity index (χ1n) is 8.56. The Balaban J connectivity index is 2.52. The lowest BCUT2D eigenvalue weighted by atomic mass is 10.2. The molecule has 25 heavy (non-hydrogen) atoms. The number of nitrogens with zero attached hydrogens (tertiary/aromatic N) is 3. The third kappa shape index (κ3) is 4.26. The van der Waals surface area contributed by atoms with Gasteiger partial charge in [0.1, 0.15) is 0 Å². The molecule has 0 radical (unpaired) electrons. The Labute approximate surface area is 148 Å². The van der Waals surface area contributed by atoms with Crippen molar-refractivity contribution in [3.8, 4) is 11.4 Å². The first-order chi connectivity index (χ1) is 12.0. The summed E-state index contributed by atoms with van der Waals surface area (Å²) < 4.78 is 6.48. The molecule has 0 saturated heterocycles. The average Bonchev–Trinajstić information content (AvgIpc) is 2.61. The van der Waals surface area contributed by atoms with Crippen molar-refractivity contribution in [3.05, 3.63) is 51.9 Å². The zero-order valence-corrected chi connectivity index (χ0v) is 15.3.